The lowest BCUT2D eigenvalue weighted by molar-refractivity contribution is -0.385. The Morgan fingerprint density at radius 1 is 0.786 bits per heavy atom. The van der Waals surface area contributed by atoms with Gasteiger partial charge in [0.1, 0.15) is 5.75 Å². The molecule has 4 rings (SSSR count). The minimum atomic E-state index is -0.800. The number of hydrogen-bond acceptors (Lipinski definition) is 7. The van der Waals surface area contributed by atoms with Gasteiger partial charge in [-0.25, -0.2) is 4.90 Å². The zero-order valence-corrected chi connectivity index (χ0v) is 13.9. The maximum absolute atomic E-state index is 13.0. The molecule has 2 amide bonds. The van der Waals surface area contributed by atoms with E-state index in [2.05, 4.69) is 0 Å². The minimum Gasteiger partial charge on any atom is -0.508 e. The Labute approximate surface area is 155 Å². The van der Waals surface area contributed by atoms with Crippen molar-refractivity contribution in [1.29, 1.82) is 0 Å². The first kappa shape index (κ1) is 17.1. The summed E-state index contributed by atoms with van der Waals surface area (Å²) in [6, 6.07) is 9.44. The van der Waals surface area contributed by atoms with Crippen LogP contribution in [0.1, 0.15) is 20.7 Å². The number of non-ortho nitro benzene ring substituents is 2. The average molecular weight is 379 g/mol. The molecule has 0 spiro atoms. The number of aromatic hydroxyl groups is 1. The highest BCUT2D eigenvalue weighted by molar-refractivity contribution is 6.36. The van der Waals surface area contributed by atoms with Crippen LogP contribution in [0.4, 0.5) is 17.1 Å². The van der Waals surface area contributed by atoms with Crippen molar-refractivity contribution in [3.63, 3.8) is 0 Å². The van der Waals surface area contributed by atoms with Gasteiger partial charge in [0.05, 0.1) is 26.7 Å². The molecule has 0 bridgehead atoms. The number of phenolic OH excluding ortho intramolecular Hbond substituents is 1. The van der Waals surface area contributed by atoms with E-state index >= 15 is 0 Å². The van der Waals surface area contributed by atoms with Crippen molar-refractivity contribution < 1.29 is 24.5 Å². The number of nitro groups is 2. The van der Waals surface area contributed by atoms with Gasteiger partial charge in [-0.15, -0.1) is 0 Å². The molecule has 0 saturated heterocycles. The molecule has 10 heteroatoms. The zero-order valence-electron chi connectivity index (χ0n) is 13.9. The van der Waals surface area contributed by atoms with Gasteiger partial charge in [0, 0.05) is 29.7 Å². The van der Waals surface area contributed by atoms with Crippen molar-refractivity contribution >= 4 is 39.6 Å². The quantitative estimate of drug-likeness (QED) is 0.418. The number of phenols is 1. The van der Waals surface area contributed by atoms with Gasteiger partial charge in [0.25, 0.3) is 23.2 Å². The van der Waals surface area contributed by atoms with Gasteiger partial charge in [-0.1, -0.05) is 0 Å². The number of nitro benzene ring substituents is 2. The Bertz CT molecular complexity index is 1150. The number of rotatable bonds is 3. The number of benzene rings is 3. The predicted molar refractivity (Wildman–Crippen MR) is 96.5 cm³/mol. The Morgan fingerprint density at radius 2 is 1.25 bits per heavy atom. The van der Waals surface area contributed by atoms with Gasteiger partial charge in [-0.2, -0.15) is 0 Å². The third-order valence-electron chi connectivity index (χ3n) is 4.42. The summed E-state index contributed by atoms with van der Waals surface area (Å²) in [6.45, 7) is 0. The molecule has 138 valence electrons. The molecule has 3 aromatic carbocycles. The lowest BCUT2D eigenvalue weighted by Crippen LogP contribution is -2.40. The van der Waals surface area contributed by atoms with Crippen molar-refractivity contribution in [2.75, 3.05) is 4.90 Å². The maximum atomic E-state index is 13.0. The van der Waals surface area contributed by atoms with E-state index in [0.717, 1.165) is 29.2 Å². The van der Waals surface area contributed by atoms with Gasteiger partial charge in [-0.05, 0) is 29.7 Å². The van der Waals surface area contributed by atoms with Crippen LogP contribution in [0.2, 0.25) is 0 Å². The van der Waals surface area contributed by atoms with E-state index in [9.17, 15) is 34.9 Å². The van der Waals surface area contributed by atoms with E-state index in [0.29, 0.717) is 0 Å². The first-order chi connectivity index (χ1) is 13.3. The number of carbonyl (C=O) groups is 2. The molecule has 0 radical (unpaired) electrons. The van der Waals surface area contributed by atoms with Crippen LogP contribution < -0.4 is 4.90 Å². The largest absolute Gasteiger partial charge is 0.508 e. The summed E-state index contributed by atoms with van der Waals surface area (Å²) in [5.74, 6) is -1.69. The summed E-state index contributed by atoms with van der Waals surface area (Å²) in [5.41, 5.74) is -0.960. The number of amides is 2. The van der Waals surface area contributed by atoms with E-state index in [1.807, 2.05) is 0 Å². The van der Waals surface area contributed by atoms with Crippen molar-refractivity contribution in [3.8, 4) is 5.75 Å². The Kier molecular flexibility index (Phi) is 3.57. The van der Waals surface area contributed by atoms with Crippen molar-refractivity contribution in [2.45, 2.75) is 0 Å². The molecule has 10 nitrogen and oxygen atoms in total. The van der Waals surface area contributed by atoms with Crippen LogP contribution in [0, 0.1) is 20.2 Å². The first-order valence-corrected chi connectivity index (χ1v) is 7.86. The standard InChI is InChI=1S/C18H9N3O7/c22-13-3-1-10(2-4-13)19-17(23)14-7-11(20(25)26)5-9-6-12(21(27)28)8-15(16(9)14)18(19)24/h1-8,22H. The van der Waals surface area contributed by atoms with E-state index in [-0.39, 0.29) is 33.3 Å². The van der Waals surface area contributed by atoms with Crippen LogP contribution >= 0.6 is 0 Å². The van der Waals surface area contributed by atoms with Crippen molar-refractivity contribution in [1.82, 2.24) is 0 Å². The van der Waals surface area contributed by atoms with Crippen molar-refractivity contribution in [2.24, 2.45) is 0 Å². The number of imide groups is 1. The third kappa shape index (κ3) is 2.43. The van der Waals surface area contributed by atoms with Gasteiger partial charge >= 0.3 is 0 Å². The molecule has 0 aromatic heterocycles. The van der Waals surface area contributed by atoms with E-state index < -0.39 is 33.0 Å². The highest BCUT2D eigenvalue weighted by Gasteiger charge is 2.36. The molecule has 0 saturated carbocycles. The van der Waals surface area contributed by atoms with E-state index in [1.54, 1.807) is 0 Å². The maximum Gasteiger partial charge on any atom is 0.270 e. The van der Waals surface area contributed by atoms with Crippen LogP contribution in [0.5, 0.6) is 5.75 Å². The number of carbonyl (C=O) groups excluding carboxylic acids is 2. The molecule has 0 aliphatic carbocycles. The number of hydrogen-bond donors (Lipinski definition) is 1. The molecule has 1 aliphatic rings. The summed E-state index contributed by atoms with van der Waals surface area (Å²) in [5, 5.41) is 32.1. The molecule has 3 aromatic rings. The van der Waals surface area contributed by atoms with Crippen LogP contribution in [-0.2, 0) is 0 Å². The van der Waals surface area contributed by atoms with Crippen molar-refractivity contribution in [3.05, 3.63) is 79.9 Å². The molecule has 1 heterocycles. The molecule has 0 fully saturated rings. The van der Waals surface area contributed by atoms with Gasteiger partial charge in [0.2, 0.25) is 0 Å². The molecule has 1 aliphatic heterocycles. The normalized spacial score (nSPS) is 13.1. The highest BCUT2D eigenvalue weighted by atomic mass is 16.6. The fourth-order valence-corrected chi connectivity index (χ4v) is 3.20. The smallest absolute Gasteiger partial charge is 0.270 e. The molecule has 1 N–H and O–H groups in total. The van der Waals surface area contributed by atoms with Crippen LogP contribution in [0.25, 0.3) is 10.8 Å². The van der Waals surface area contributed by atoms with Gasteiger partial charge in [0.15, 0.2) is 0 Å². The second-order valence-electron chi connectivity index (χ2n) is 6.06. The number of anilines is 1. The average Bonchev–Trinajstić information content (AvgIpc) is 2.66. The minimum absolute atomic E-state index is 0.0560. The fourth-order valence-electron chi connectivity index (χ4n) is 3.20. The summed E-state index contributed by atoms with van der Waals surface area (Å²) >= 11 is 0. The lowest BCUT2D eigenvalue weighted by atomic mass is 9.92. The van der Waals surface area contributed by atoms with Crippen LogP contribution in [-0.4, -0.2) is 26.8 Å². The molecular formula is C18H9N3O7. The zero-order chi connectivity index (χ0) is 20.2. The van der Waals surface area contributed by atoms with E-state index in [1.165, 1.54) is 24.3 Å². The first-order valence-electron chi connectivity index (χ1n) is 7.86. The molecule has 28 heavy (non-hydrogen) atoms. The third-order valence-corrected chi connectivity index (χ3v) is 4.42. The monoisotopic (exact) mass is 379 g/mol. The molecular weight excluding hydrogens is 370 g/mol. The second-order valence-corrected chi connectivity index (χ2v) is 6.06. The summed E-state index contributed by atoms with van der Waals surface area (Å²) in [6.07, 6.45) is 0. The SMILES string of the molecule is O=C1c2cc([N+](=O)[O-])cc3cc([N+](=O)[O-])cc(c23)C(=O)N1c1ccc(O)cc1. The molecule has 0 atom stereocenters. The Hall–Kier alpha value is -4.34. The summed E-state index contributed by atoms with van der Waals surface area (Å²) < 4.78 is 0. The Balaban J connectivity index is 2.05. The Morgan fingerprint density at radius 3 is 1.68 bits per heavy atom. The molecule has 0 unspecified atom stereocenters. The topological polar surface area (TPSA) is 144 Å². The highest BCUT2D eigenvalue weighted by Crippen LogP contribution is 2.38. The fraction of sp³-hybridized carbons (Fsp3) is 0. The van der Waals surface area contributed by atoms with Gasteiger partial charge < -0.3 is 5.11 Å². The van der Waals surface area contributed by atoms with Gasteiger partial charge in [-0.3, -0.25) is 29.8 Å². The number of nitrogens with zero attached hydrogens (tertiary/aromatic N) is 3. The summed E-state index contributed by atoms with van der Waals surface area (Å²) in [4.78, 5) is 47.8. The lowest BCUT2D eigenvalue weighted by Gasteiger charge is -2.27. The van der Waals surface area contributed by atoms with E-state index in [4.69, 9.17) is 0 Å². The van der Waals surface area contributed by atoms with Crippen LogP contribution in [0.15, 0.2) is 48.5 Å². The summed E-state index contributed by atoms with van der Waals surface area (Å²) in [7, 11) is 0. The van der Waals surface area contributed by atoms with Crippen LogP contribution in [0.3, 0.4) is 0 Å². The predicted octanol–water partition coefficient (Wildman–Crippen LogP) is 3.16. The second kappa shape index (κ2) is 5.84.